The minimum Gasteiger partial charge on any atom is -0.0795 e. The summed E-state index contributed by atoms with van der Waals surface area (Å²) in [5, 5.41) is 0. The van der Waals surface area contributed by atoms with E-state index in [-0.39, 0.29) is 0 Å². The Hall–Kier alpha value is -1.04. The lowest BCUT2D eigenvalue weighted by Gasteiger charge is -1.93. The highest BCUT2D eigenvalue weighted by atomic mass is 14.5. The van der Waals surface area contributed by atoms with Gasteiger partial charge in [0.05, 0.1) is 0 Å². The molecular formula is C21H28. The van der Waals surface area contributed by atoms with Crippen LogP contribution in [-0.4, -0.2) is 0 Å². The summed E-state index contributed by atoms with van der Waals surface area (Å²) in [6.07, 6.45) is 18.0. The summed E-state index contributed by atoms with van der Waals surface area (Å²) in [6.45, 7) is 0. The first-order valence-electron chi connectivity index (χ1n) is 9.14. The lowest BCUT2D eigenvalue weighted by atomic mass is 10.1. The van der Waals surface area contributed by atoms with Crippen LogP contribution in [0.2, 0.25) is 0 Å². The van der Waals surface area contributed by atoms with E-state index in [1.165, 1.54) is 47.6 Å². The molecule has 0 bridgehead atoms. The first kappa shape index (κ1) is 13.6. The summed E-state index contributed by atoms with van der Waals surface area (Å²) in [6, 6.07) is 8.49. The van der Waals surface area contributed by atoms with Crippen LogP contribution in [0, 0.1) is 23.7 Å². The maximum Gasteiger partial charge on any atom is -0.00882 e. The quantitative estimate of drug-likeness (QED) is 0.557. The molecule has 5 aliphatic rings. The Balaban J connectivity index is 0.0000000848. The Morgan fingerprint density at radius 3 is 1.71 bits per heavy atom. The van der Waals surface area contributed by atoms with Gasteiger partial charge in [-0.1, -0.05) is 74.9 Å². The number of hydrogen-bond donors (Lipinski definition) is 0. The lowest BCUT2D eigenvalue weighted by Crippen LogP contribution is -1.76. The molecule has 0 aromatic heterocycles. The highest BCUT2D eigenvalue weighted by Crippen LogP contribution is 2.51. The third-order valence-electron chi connectivity index (χ3n) is 6.13. The predicted octanol–water partition coefficient (Wildman–Crippen LogP) is 5.87. The number of fused-ring (bicyclic) bond motifs is 3. The standard InChI is InChI=1S/C9H8.2C6H10/c1-2-5-9-7-3-6-8(9)4-1;2*1-2-5-4-6(5)3-1/h1-6H,7H2;2*5-6H,1-4H2. The summed E-state index contributed by atoms with van der Waals surface area (Å²) in [7, 11) is 0. The molecular weight excluding hydrogens is 252 g/mol. The fraction of sp³-hybridized carbons (Fsp3) is 0.619. The molecule has 4 fully saturated rings. The van der Waals surface area contributed by atoms with Crippen LogP contribution < -0.4 is 0 Å². The van der Waals surface area contributed by atoms with Crippen LogP contribution in [0.25, 0.3) is 6.08 Å². The first-order valence-corrected chi connectivity index (χ1v) is 9.14. The topological polar surface area (TPSA) is 0 Å². The molecule has 4 unspecified atom stereocenters. The van der Waals surface area contributed by atoms with Crippen molar-refractivity contribution in [2.24, 2.45) is 23.7 Å². The van der Waals surface area contributed by atoms with E-state index in [1.807, 2.05) is 0 Å². The lowest BCUT2D eigenvalue weighted by molar-refractivity contribution is 0.735. The molecule has 6 rings (SSSR count). The minimum absolute atomic E-state index is 1.12. The van der Waals surface area contributed by atoms with Crippen molar-refractivity contribution in [2.75, 3.05) is 0 Å². The fourth-order valence-electron chi connectivity index (χ4n) is 4.51. The molecule has 0 N–H and O–H groups in total. The van der Waals surface area contributed by atoms with Gasteiger partial charge in [0.1, 0.15) is 0 Å². The molecule has 0 amide bonds. The molecule has 1 aromatic carbocycles. The first-order chi connectivity index (χ1) is 10.4. The summed E-state index contributed by atoms with van der Waals surface area (Å²) in [5.41, 5.74) is 2.84. The number of benzene rings is 1. The van der Waals surface area contributed by atoms with Gasteiger partial charge >= 0.3 is 0 Å². The van der Waals surface area contributed by atoms with Gasteiger partial charge in [0.15, 0.2) is 0 Å². The van der Waals surface area contributed by atoms with E-state index in [2.05, 4.69) is 36.4 Å². The van der Waals surface area contributed by atoms with Gasteiger partial charge < -0.3 is 0 Å². The van der Waals surface area contributed by atoms with Crippen molar-refractivity contribution in [1.82, 2.24) is 0 Å². The van der Waals surface area contributed by atoms with Crippen LogP contribution in [0.15, 0.2) is 30.3 Å². The zero-order valence-electron chi connectivity index (χ0n) is 13.1. The van der Waals surface area contributed by atoms with Gasteiger partial charge in [-0.15, -0.1) is 0 Å². The molecule has 4 atom stereocenters. The van der Waals surface area contributed by atoms with Gasteiger partial charge in [-0.25, -0.2) is 0 Å². The van der Waals surface area contributed by atoms with Gasteiger partial charge in [-0.05, 0) is 54.1 Å². The minimum atomic E-state index is 1.12. The van der Waals surface area contributed by atoms with Crippen molar-refractivity contribution in [1.29, 1.82) is 0 Å². The summed E-state index contributed by atoms with van der Waals surface area (Å²) in [4.78, 5) is 0. The van der Waals surface area contributed by atoms with Crippen LogP contribution in [0.4, 0.5) is 0 Å². The van der Waals surface area contributed by atoms with Gasteiger partial charge in [0.25, 0.3) is 0 Å². The van der Waals surface area contributed by atoms with E-state index in [9.17, 15) is 0 Å². The van der Waals surface area contributed by atoms with E-state index in [1.54, 1.807) is 38.5 Å². The molecule has 1 aromatic rings. The molecule has 5 aliphatic carbocycles. The summed E-state index contributed by atoms with van der Waals surface area (Å²) in [5.74, 6) is 4.85. The van der Waals surface area contributed by atoms with E-state index >= 15 is 0 Å². The molecule has 0 saturated heterocycles. The van der Waals surface area contributed by atoms with Crippen molar-refractivity contribution in [2.45, 2.75) is 57.8 Å². The van der Waals surface area contributed by atoms with Gasteiger partial charge in [0, 0.05) is 0 Å². The maximum absolute atomic E-state index is 2.20. The van der Waals surface area contributed by atoms with Crippen molar-refractivity contribution in [3.8, 4) is 0 Å². The van der Waals surface area contributed by atoms with Gasteiger partial charge in [-0.2, -0.15) is 0 Å². The van der Waals surface area contributed by atoms with Crippen LogP contribution in [0.5, 0.6) is 0 Å². The van der Waals surface area contributed by atoms with Crippen molar-refractivity contribution < 1.29 is 0 Å². The van der Waals surface area contributed by atoms with Crippen LogP contribution >= 0.6 is 0 Å². The Labute approximate surface area is 129 Å². The Bertz CT molecular complexity index is 477. The Morgan fingerprint density at radius 1 is 0.714 bits per heavy atom. The molecule has 4 saturated carbocycles. The SMILES string of the molecule is C1=Cc2ccccc2C1.C1CC2CC2C1.C1CC2CC2C1. The molecule has 0 radical (unpaired) electrons. The third-order valence-corrected chi connectivity index (χ3v) is 6.13. The third kappa shape index (κ3) is 3.42. The second-order valence-electron chi connectivity index (χ2n) is 7.68. The van der Waals surface area contributed by atoms with Crippen molar-refractivity contribution in [3.63, 3.8) is 0 Å². The van der Waals surface area contributed by atoms with E-state index in [0.717, 1.165) is 6.42 Å². The van der Waals surface area contributed by atoms with Crippen LogP contribution in [-0.2, 0) is 6.42 Å². The number of rotatable bonds is 0. The van der Waals surface area contributed by atoms with E-state index in [0.29, 0.717) is 0 Å². The largest absolute Gasteiger partial charge is 0.0795 e. The molecule has 0 aliphatic heterocycles. The predicted molar refractivity (Wildman–Crippen MR) is 90.1 cm³/mol. The monoisotopic (exact) mass is 280 g/mol. The highest BCUT2D eigenvalue weighted by molar-refractivity contribution is 5.59. The number of allylic oxidation sites excluding steroid dienone is 1. The summed E-state index contributed by atoms with van der Waals surface area (Å²) < 4.78 is 0. The van der Waals surface area contributed by atoms with Gasteiger partial charge in [-0.3, -0.25) is 0 Å². The van der Waals surface area contributed by atoms with Crippen molar-refractivity contribution >= 4 is 6.08 Å². The molecule has 0 spiro atoms. The Morgan fingerprint density at radius 2 is 1.29 bits per heavy atom. The molecule has 0 nitrogen and oxygen atoms in total. The van der Waals surface area contributed by atoms with E-state index in [4.69, 9.17) is 0 Å². The highest BCUT2D eigenvalue weighted by Gasteiger charge is 2.40. The van der Waals surface area contributed by atoms with Crippen LogP contribution in [0.3, 0.4) is 0 Å². The number of hydrogen-bond acceptors (Lipinski definition) is 0. The maximum atomic E-state index is 2.20. The van der Waals surface area contributed by atoms with Crippen LogP contribution in [0.1, 0.15) is 62.5 Å². The molecule has 21 heavy (non-hydrogen) atoms. The summed E-state index contributed by atoms with van der Waals surface area (Å²) >= 11 is 0. The second kappa shape index (κ2) is 5.99. The normalized spacial score (nSPS) is 35.6. The zero-order valence-corrected chi connectivity index (χ0v) is 13.1. The molecule has 112 valence electrons. The average Bonchev–Trinajstić information content (AvgIpc) is 3.24. The second-order valence-corrected chi connectivity index (χ2v) is 7.68. The molecule has 0 heterocycles. The Kier molecular flexibility index (Phi) is 3.88. The fourth-order valence-corrected chi connectivity index (χ4v) is 4.51. The zero-order chi connectivity index (χ0) is 14.1. The van der Waals surface area contributed by atoms with E-state index < -0.39 is 0 Å². The van der Waals surface area contributed by atoms with Gasteiger partial charge in [0.2, 0.25) is 0 Å². The smallest absolute Gasteiger partial charge is 0.00882 e. The average molecular weight is 280 g/mol. The molecule has 0 heteroatoms. The van der Waals surface area contributed by atoms with Crippen molar-refractivity contribution in [3.05, 3.63) is 41.5 Å².